The van der Waals surface area contributed by atoms with Crippen molar-refractivity contribution in [2.45, 2.75) is 386 Å². The number of ether oxygens (including phenoxy) is 3. The summed E-state index contributed by atoms with van der Waals surface area (Å²) in [7, 11) is -9.80. The summed E-state index contributed by atoms with van der Waals surface area (Å²) in [5.74, 6) is -1.59. The molecule has 0 bridgehead atoms. The van der Waals surface area contributed by atoms with Gasteiger partial charge in [-0.1, -0.05) is 347 Å². The van der Waals surface area contributed by atoms with Gasteiger partial charge in [0.1, 0.15) is 25.4 Å². The molecule has 0 aliphatic carbocycles. The number of hydrogen-bond donors (Lipinski definition) is 4. The molecule has 5 unspecified atom stereocenters. The highest BCUT2D eigenvalue weighted by atomic mass is 31.2. The average Bonchev–Trinajstić information content (AvgIpc) is 0.902. The number of esters is 3. The van der Waals surface area contributed by atoms with Crippen LogP contribution in [-0.2, 0) is 55.8 Å². The summed E-state index contributed by atoms with van der Waals surface area (Å²) in [6.07, 6.45) is 102. The largest absolute Gasteiger partial charge is 0.472 e. The number of aliphatic hydroxyl groups is 2. The standard InChI is InChI=1S/C91H158O16P2/c1-4-7-10-13-16-19-22-25-28-30-32-34-36-37-38-39-40-41-42-43-44-45-46-47-49-51-52-54-57-59-62-65-68-71-74-77-89(94)101-80-86(92)81-103-108(97,98)104-82-87(93)83-105-109(99,100)106-85-88(107-91(96)79-76-73-70-67-64-61-56-27-24-21-18-15-12-9-6-3)84-102-90(95)78-75-72-69-66-63-60-58-55-53-50-48-35-33-31-29-26-23-20-17-14-11-8-5-2/h7-8,10-11,16-17,19-20,25-29,32-35,37-38,50,53,56,86-88,92-93H,4-6,9,12-15,18,21-24,30-31,36,39-49,51-52,54-55,57-85H2,1-3H3,(H,97,98)(H,99,100)/b10-7-,11-8-,19-16-,20-17-,28-25-,29-26-,34-32-,35-33-,38-37-,53-50-,56-27-. The third-order valence-corrected chi connectivity index (χ3v) is 20.2. The fraction of sp³-hybridized carbons (Fsp3) is 0.725. The summed E-state index contributed by atoms with van der Waals surface area (Å²) in [5, 5.41) is 20.7. The first-order chi connectivity index (χ1) is 53.2. The van der Waals surface area contributed by atoms with Gasteiger partial charge in [-0.05, 0) is 135 Å². The topological polar surface area (TPSA) is 231 Å². The number of aliphatic hydroxyl groups excluding tert-OH is 2. The highest BCUT2D eigenvalue weighted by Crippen LogP contribution is 2.45. The van der Waals surface area contributed by atoms with E-state index in [9.17, 15) is 43.5 Å². The Hall–Kier alpha value is -4.31. The molecule has 0 aromatic rings. The minimum absolute atomic E-state index is 0.0911. The van der Waals surface area contributed by atoms with Crippen LogP contribution in [0.5, 0.6) is 0 Å². The fourth-order valence-corrected chi connectivity index (χ4v) is 13.4. The molecule has 0 heterocycles. The second-order valence-electron chi connectivity index (χ2n) is 28.9. The maximum atomic E-state index is 13.0. The van der Waals surface area contributed by atoms with Gasteiger partial charge in [0.15, 0.2) is 6.10 Å². The average molecular weight is 1570 g/mol. The number of unbranched alkanes of at least 4 members (excludes halogenated alkanes) is 37. The lowest BCUT2D eigenvalue weighted by Crippen LogP contribution is -2.30. The van der Waals surface area contributed by atoms with Gasteiger partial charge in [0, 0.05) is 19.3 Å². The van der Waals surface area contributed by atoms with Crippen LogP contribution in [0.2, 0.25) is 0 Å². The first kappa shape index (κ1) is 105. The van der Waals surface area contributed by atoms with Crippen molar-refractivity contribution in [2.24, 2.45) is 0 Å². The zero-order valence-electron chi connectivity index (χ0n) is 68.9. The molecule has 18 heteroatoms. The van der Waals surface area contributed by atoms with E-state index in [1.807, 2.05) is 0 Å². The summed E-state index contributed by atoms with van der Waals surface area (Å²) in [5.41, 5.74) is 0. The summed E-state index contributed by atoms with van der Waals surface area (Å²) in [4.78, 5) is 58.8. The summed E-state index contributed by atoms with van der Waals surface area (Å²) >= 11 is 0. The number of phosphoric ester groups is 2. The second kappa shape index (κ2) is 83.1. The van der Waals surface area contributed by atoms with E-state index in [1.54, 1.807) is 0 Å². The zero-order chi connectivity index (χ0) is 79.4. The SMILES string of the molecule is CC/C=C\C/C=C\C/C=C\C/C=C\C/C=C\CCCCCCCCCCCCCCCCCCCCCC(=O)OCC(O)COP(=O)(O)OCC(O)COP(=O)(O)OCC(COC(=O)CCCCCCCCC/C=C\C/C=C\C/C=C\C/C=C\C/C=C\CC)OC(=O)CCCCCCC/C=C\CCCCCCCC. The number of phosphoric acid groups is 2. The molecule has 0 aliphatic heterocycles. The number of carbonyl (C=O) groups is 3. The molecule has 628 valence electrons. The number of hydrogen-bond acceptors (Lipinski definition) is 14. The van der Waals surface area contributed by atoms with Crippen LogP contribution in [0.15, 0.2) is 134 Å². The maximum absolute atomic E-state index is 13.0. The molecule has 0 amide bonds. The minimum Gasteiger partial charge on any atom is -0.463 e. The fourth-order valence-electron chi connectivity index (χ4n) is 11.8. The molecule has 109 heavy (non-hydrogen) atoms. The van der Waals surface area contributed by atoms with Crippen LogP contribution in [-0.4, -0.2) is 95.9 Å². The van der Waals surface area contributed by atoms with E-state index in [4.69, 9.17) is 32.3 Å². The molecule has 0 aliphatic rings. The molecular weight excluding hydrogens is 1410 g/mol. The summed E-state index contributed by atoms with van der Waals surface area (Å²) < 4.78 is 61.3. The van der Waals surface area contributed by atoms with E-state index in [1.165, 1.54) is 141 Å². The van der Waals surface area contributed by atoms with E-state index < -0.39 is 91.5 Å². The minimum atomic E-state index is -4.94. The summed E-state index contributed by atoms with van der Waals surface area (Å²) in [6.45, 7) is 2.47. The normalized spacial score (nSPS) is 14.5. The first-order valence-electron chi connectivity index (χ1n) is 43.5. The first-order valence-corrected chi connectivity index (χ1v) is 46.5. The lowest BCUT2D eigenvalue weighted by Gasteiger charge is -2.21. The van der Waals surface area contributed by atoms with Crippen LogP contribution in [0, 0.1) is 0 Å². The van der Waals surface area contributed by atoms with Gasteiger partial charge in [-0.3, -0.25) is 32.5 Å². The van der Waals surface area contributed by atoms with Crippen molar-refractivity contribution in [1.82, 2.24) is 0 Å². The van der Waals surface area contributed by atoms with Crippen LogP contribution in [0.4, 0.5) is 0 Å². The third-order valence-electron chi connectivity index (χ3n) is 18.3. The number of allylic oxidation sites excluding steroid dienone is 22. The van der Waals surface area contributed by atoms with Crippen molar-refractivity contribution in [1.29, 1.82) is 0 Å². The Bertz CT molecular complexity index is 2510. The highest BCUT2D eigenvalue weighted by Gasteiger charge is 2.29. The Balaban J connectivity index is 4.43. The van der Waals surface area contributed by atoms with Crippen LogP contribution in [0.1, 0.15) is 367 Å². The van der Waals surface area contributed by atoms with E-state index in [0.717, 1.165) is 167 Å². The lowest BCUT2D eigenvalue weighted by atomic mass is 10.0. The van der Waals surface area contributed by atoms with Crippen molar-refractivity contribution in [3.8, 4) is 0 Å². The number of rotatable bonds is 82. The molecule has 0 aromatic heterocycles. The molecule has 0 aromatic carbocycles. The van der Waals surface area contributed by atoms with Crippen molar-refractivity contribution in [3.63, 3.8) is 0 Å². The van der Waals surface area contributed by atoms with Gasteiger partial charge in [0.25, 0.3) is 0 Å². The Morgan fingerprint density at radius 2 is 0.486 bits per heavy atom. The molecule has 0 fully saturated rings. The predicted molar refractivity (Wildman–Crippen MR) is 454 cm³/mol. The zero-order valence-corrected chi connectivity index (χ0v) is 70.7. The molecule has 16 nitrogen and oxygen atoms in total. The van der Waals surface area contributed by atoms with Crippen LogP contribution < -0.4 is 0 Å². The Morgan fingerprint density at radius 3 is 0.780 bits per heavy atom. The Morgan fingerprint density at radius 1 is 0.266 bits per heavy atom. The maximum Gasteiger partial charge on any atom is 0.472 e. The summed E-state index contributed by atoms with van der Waals surface area (Å²) in [6, 6.07) is 0. The molecule has 0 spiro atoms. The quantitative estimate of drug-likeness (QED) is 0.0146. The van der Waals surface area contributed by atoms with Gasteiger partial charge in [0.2, 0.25) is 0 Å². The third kappa shape index (κ3) is 84.4. The predicted octanol–water partition coefficient (Wildman–Crippen LogP) is 26.2. The van der Waals surface area contributed by atoms with Gasteiger partial charge in [-0.25, -0.2) is 9.13 Å². The smallest absolute Gasteiger partial charge is 0.463 e. The van der Waals surface area contributed by atoms with E-state index in [2.05, 4.69) is 154 Å². The second-order valence-corrected chi connectivity index (χ2v) is 31.8. The van der Waals surface area contributed by atoms with Crippen molar-refractivity contribution >= 4 is 33.6 Å². The molecule has 5 atom stereocenters. The molecule has 0 saturated heterocycles. The lowest BCUT2D eigenvalue weighted by molar-refractivity contribution is -0.161. The van der Waals surface area contributed by atoms with Gasteiger partial charge in [-0.15, -0.1) is 0 Å². The molecular formula is C91H158O16P2. The van der Waals surface area contributed by atoms with Crippen LogP contribution >= 0.6 is 15.6 Å². The Labute approximate surface area is 665 Å². The number of carbonyl (C=O) groups excluding carboxylic acids is 3. The molecule has 4 N–H and O–H groups in total. The van der Waals surface area contributed by atoms with Gasteiger partial charge in [-0.2, -0.15) is 0 Å². The van der Waals surface area contributed by atoms with E-state index in [-0.39, 0.29) is 19.3 Å². The van der Waals surface area contributed by atoms with Gasteiger partial charge < -0.3 is 34.2 Å². The molecule has 0 saturated carbocycles. The highest BCUT2D eigenvalue weighted by molar-refractivity contribution is 7.47. The van der Waals surface area contributed by atoms with Crippen molar-refractivity contribution in [3.05, 3.63) is 134 Å². The van der Waals surface area contributed by atoms with E-state index >= 15 is 0 Å². The Kier molecular flexibility index (Phi) is 79.8. The van der Waals surface area contributed by atoms with E-state index in [0.29, 0.717) is 19.3 Å². The van der Waals surface area contributed by atoms with Crippen LogP contribution in [0.25, 0.3) is 0 Å². The van der Waals surface area contributed by atoms with Crippen molar-refractivity contribution in [2.75, 3.05) is 39.6 Å². The molecule has 0 rings (SSSR count). The monoisotopic (exact) mass is 1570 g/mol. The van der Waals surface area contributed by atoms with Gasteiger partial charge >= 0.3 is 33.6 Å². The molecule has 0 radical (unpaired) electrons. The van der Waals surface area contributed by atoms with Crippen molar-refractivity contribution < 1.29 is 75.8 Å². The van der Waals surface area contributed by atoms with Crippen LogP contribution in [0.3, 0.4) is 0 Å². The van der Waals surface area contributed by atoms with Gasteiger partial charge in [0.05, 0.1) is 26.4 Å².